The van der Waals surface area contributed by atoms with E-state index < -0.39 is 47.7 Å². The third-order valence-corrected chi connectivity index (χ3v) is 4.63. The summed E-state index contributed by atoms with van der Waals surface area (Å²) in [5, 5.41) is 28.2. The zero-order valence-electron chi connectivity index (χ0n) is 11.4. The Hall–Kier alpha value is -1.03. The van der Waals surface area contributed by atoms with Gasteiger partial charge < -0.3 is 20.1 Å². The minimum Gasteiger partial charge on any atom is -0.394 e. The molecule has 0 saturated carbocycles. The molecule has 7 nitrogen and oxygen atoms in total. The molecule has 0 unspecified atom stereocenters. The molecule has 1 fully saturated rings. The number of aryl methyl sites for hydroxylation is 1. The minimum absolute atomic E-state index is 0.000145. The predicted molar refractivity (Wildman–Crippen MR) is 72.1 cm³/mol. The number of hydrogen-bond donors (Lipinski definition) is 3. The van der Waals surface area contributed by atoms with E-state index in [1.54, 1.807) is 12.1 Å². The van der Waals surface area contributed by atoms with Crippen LogP contribution in [0.2, 0.25) is 0 Å². The molecule has 4 atom stereocenters. The molecule has 1 aliphatic heterocycles. The number of aliphatic hydroxyl groups excluding tert-OH is 3. The Bertz CT molecular complexity index is 569. The Morgan fingerprint density at radius 1 is 1.14 bits per heavy atom. The Balaban J connectivity index is 2.01. The number of benzene rings is 1. The van der Waals surface area contributed by atoms with Gasteiger partial charge in [-0.3, -0.25) is 4.18 Å². The van der Waals surface area contributed by atoms with Crippen LogP contribution in [-0.2, 0) is 19.0 Å². The predicted octanol–water partition coefficient (Wildman–Crippen LogP) is -0.818. The van der Waals surface area contributed by atoms with E-state index in [1.165, 1.54) is 12.1 Å². The van der Waals surface area contributed by atoms with Gasteiger partial charge >= 0.3 is 0 Å². The highest BCUT2D eigenvalue weighted by molar-refractivity contribution is 7.86. The van der Waals surface area contributed by atoms with Gasteiger partial charge in [-0.05, 0) is 19.1 Å². The van der Waals surface area contributed by atoms with Crippen molar-refractivity contribution in [2.75, 3.05) is 13.2 Å². The fourth-order valence-corrected chi connectivity index (χ4v) is 2.96. The molecule has 0 amide bonds. The first kappa shape index (κ1) is 16.3. The first-order chi connectivity index (χ1) is 9.85. The van der Waals surface area contributed by atoms with Crippen LogP contribution < -0.4 is 0 Å². The van der Waals surface area contributed by atoms with Crippen LogP contribution in [0.25, 0.3) is 0 Å². The van der Waals surface area contributed by atoms with Gasteiger partial charge in [0.2, 0.25) is 0 Å². The van der Waals surface area contributed by atoms with Gasteiger partial charge in [-0.25, -0.2) is 0 Å². The van der Waals surface area contributed by atoms with Crippen LogP contribution in [0.5, 0.6) is 0 Å². The maximum absolute atomic E-state index is 12.0. The molecule has 2 rings (SSSR count). The largest absolute Gasteiger partial charge is 0.394 e. The lowest BCUT2D eigenvalue weighted by atomic mass is 10.1. The first-order valence-corrected chi connectivity index (χ1v) is 7.84. The van der Waals surface area contributed by atoms with Gasteiger partial charge in [-0.2, -0.15) is 8.42 Å². The van der Waals surface area contributed by atoms with Crippen molar-refractivity contribution in [2.24, 2.45) is 0 Å². The monoisotopic (exact) mass is 318 g/mol. The molecule has 21 heavy (non-hydrogen) atoms. The van der Waals surface area contributed by atoms with Crippen LogP contribution in [0.4, 0.5) is 0 Å². The zero-order chi connectivity index (χ0) is 15.6. The Kier molecular flexibility index (Phi) is 4.97. The van der Waals surface area contributed by atoms with Crippen LogP contribution in [0.3, 0.4) is 0 Å². The molecule has 3 N–H and O–H groups in total. The van der Waals surface area contributed by atoms with E-state index in [4.69, 9.17) is 14.0 Å². The number of hydrogen-bond acceptors (Lipinski definition) is 7. The number of aliphatic hydroxyl groups is 3. The van der Waals surface area contributed by atoms with Crippen molar-refractivity contribution in [1.82, 2.24) is 0 Å². The summed E-state index contributed by atoms with van der Waals surface area (Å²) < 4.78 is 33.9. The van der Waals surface area contributed by atoms with Crippen molar-refractivity contribution < 1.29 is 32.7 Å². The van der Waals surface area contributed by atoms with E-state index in [-0.39, 0.29) is 4.90 Å². The third kappa shape index (κ3) is 3.60. The second-order valence-corrected chi connectivity index (χ2v) is 6.54. The Morgan fingerprint density at radius 3 is 2.24 bits per heavy atom. The number of rotatable bonds is 5. The maximum atomic E-state index is 12.0. The van der Waals surface area contributed by atoms with Gasteiger partial charge in [-0.15, -0.1) is 0 Å². The first-order valence-electron chi connectivity index (χ1n) is 6.43. The maximum Gasteiger partial charge on any atom is 0.297 e. The molecule has 0 radical (unpaired) electrons. The van der Waals surface area contributed by atoms with Gasteiger partial charge in [0.25, 0.3) is 10.1 Å². The molecule has 1 heterocycles. The molecule has 8 heteroatoms. The molecule has 0 bridgehead atoms. The van der Waals surface area contributed by atoms with Gasteiger partial charge in [-0.1, -0.05) is 17.7 Å². The summed E-state index contributed by atoms with van der Waals surface area (Å²) in [6.07, 6.45) is -4.55. The van der Waals surface area contributed by atoms with Crippen molar-refractivity contribution in [2.45, 2.75) is 36.2 Å². The molecule has 0 aliphatic carbocycles. The topological polar surface area (TPSA) is 113 Å². The summed E-state index contributed by atoms with van der Waals surface area (Å²) in [5.74, 6) is 0. The highest BCUT2D eigenvalue weighted by Crippen LogP contribution is 2.23. The summed E-state index contributed by atoms with van der Waals surface area (Å²) in [4.78, 5) is -0.000145. The second-order valence-electron chi connectivity index (χ2n) is 4.93. The van der Waals surface area contributed by atoms with Crippen molar-refractivity contribution >= 4 is 10.1 Å². The Labute approximate surface area is 122 Å². The lowest BCUT2D eigenvalue weighted by molar-refractivity contribution is -0.0347. The van der Waals surface area contributed by atoms with Crippen LogP contribution in [0.1, 0.15) is 5.56 Å². The van der Waals surface area contributed by atoms with Gasteiger partial charge in [0, 0.05) is 0 Å². The fourth-order valence-electron chi connectivity index (χ4n) is 2.04. The smallest absolute Gasteiger partial charge is 0.297 e. The molecule has 1 aromatic rings. The van der Waals surface area contributed by atoms with Crippen molar-refractivity contribution in [1.29, 1.82) is 0 Å². The summed E-state index contributed by atoms with van der Waals surface area (Å²) in [6.45, 7) is 0.917. The van der Waals surface area contributed by atoms with Crippen LogP contribution in [-0.4, -0.2) is 61.4 Å². The van der Waals surface area contributed by atoms with E-state index in [2.05, 4.69) is 0 Å². The van der Waals surface area contributed by atoms with Gasteiger partial charge in [0.05, 0.1) is 18.1 Å². The molecule has 1 saturated heterocycles. The molecule has 118 valence electrons. The second kappa shape index (κ2) is 6.39. The average molecular weight is 318 g/mol. The third-order valence-electron chi connectivity index (χ3n) is 3.34. The van der Waals surface area contributed by atoms with E-state index in [0.29, 0.717) is 0 Å². The normalized spacial score (nSPS) is 29.7. The minimum atomic E-state index is -3.96. The molecule has 0 spiro atoms. The highest BCUT2D eigenvalue weighted by Gasteiger charge is 2.42. The summed E-state index contributed by atoms with van der Waals surface area (Å²) in [7, 11) is -3.96. The Morgan fingerprint density at radius 2 is 1.71 bits per heavy atom. The lowest BCUT2D eigenvalue weighted by Gasteiger charge is -2.14. The summed E-state index contributed by atoms with van der Waals surface area (Å²) >= 11 is 0. The zero-order valence-corrected chi connectivity index (χ0v) is 12.2. The molecular weight excluding hydrogens is 300 g/mol. The van der Waals surface area contributed by atoms with Crippen LogP contribution in [0.15, 0.2) is 29.2 Å². The molecule has 0 aromatic heterocycles. The van der Waals surface area contributed by atoms with E-state index in [1.807, 2.05) is 6.92 Å². The van der Waals surface area contributed by atoms with Crippen molar-refractivity contribution in [3.05, 3.63) is 29.8 Å². The molecular formula is C13H18O7S. The standard InChI is InChI=1S/C13H18O7S/c1-8-2-4-9(5-3-8)21(17,18)19-7-11-13(16)12(15)10(6-14)20-11/h2-5,10-16H,6-7H2,1H3/t10-,11-,12-,13-/m1/s1. The van der Waals surface area contributed by atoms with Gasteiger partial charge in [0.1, 0.15) is 24.4 Å². The SMILES string of the molecule is Cc1ccc(S(=O)(=O)OC[C@H]2O[C@H](CO)[C@@H](O)[C@@H]2O)cc1. The van der Waals surface area contributed by atoms with E-state index >= 15 is 0 Å². The average Bonchev–Trinajstić information content (AvgIpc) is 2.73. The summed E-state index contributed by atoms with van der Waals surface area (Å²) in [5.41, 5.74) is 0.914. The van der Waals surface area contributed by atoms with Gasteiger partial charge in [0.15, 0.2) is 0 Å². The molecule has 1 aliphatic rings. The molecule has 1 aromatic carbocycles. The van der Waals surface area contributed by atoms with E-state index in [9.17, 15) is 18.6 Å². The van der Waals surface area contributed by atoms with E-state index in [0.717, 1.165) is 5.56 Å². The van der Waals surface area contributed by atoms with Crippen LogP contribution >= 0.6 is 0 Å². The van der Waals surface area contributed by atoms with Crippen molar-refractivity contribution in [3.63, 3.8) is 0 Å². The quantitative estimate of drug-likeness (QED) is 0.608. The van der Waals surface area contributed by atoms with Crippen LogP contribution in [0, 0.1) is 6.92 Å². The highest BCUT2D eigenvalue weighted by atomic mass is 32.2. The summed E-state index contributed by atoms with van der Waals surface area (Å²) in [6, 6.07) is 6.12. The van der Waals surface area contributed by atoms with Crippen molar-refractivity contribution in [3.8, 4) is 0 Å². The lowest BCUT2D eigenvalue weighted by Crippen LogP contribution is -2.35. The number of ether oxygens (including phenoxy) is 1. The fraction of sp³-hybridized carbons (Fsp3) is 0.538.